The molecule has 5 heteroatoms. The Morgan fingerprint density at radius 3 is 2.47 bits per heavy atom. The molecule has 0 saturated carbocycles. The molecule has 5 nitrogen and oxygen atoms in total. The zero-order chi connectivity index (χ0) is 14.4. The van der Waals surface area contributed by atoms with Gasteiger partial charge in [0.25, 0.3) is 5.91 Å². The molecule has 1 rings (SSSR count). The van der Waals surface area contributed by atoms with Gasteiger partial charge < -0.3 is 14.5 Å². The first-order valence-corrected chi connectivity index (χ1v) is 6.05. The first-order chi connectivity index (χ1) is 8.95. The van der Waals surface area contributed by atoms with Crippen molar-refractivity contribution in [3.63, 3.8) is 0 Å². The zero-order valence-electron chi connectivity index (χ0n) is 11.8. The van der Waals surface area contributed by atoms with Crippen molar-refractivity contribution in [2.45, 2.75) is 6.42 Å². The molecule has 0 aliphatic heterocycles. The van der Waals surface area contributed by atoms with Gasteiger partial charge in [0, 0.05) is 38.9 Å². The van der Waals surface area contributed by atoms with Crippen LogP contribution in [-0.4, -0.2) is 51.6 Å². The van der Waals surface area contributed by atoms with E-state index in [1.807, 2.05) is 37.2 Å². The van der Waals surface area contributed by atoms with E-state index in [-0.39, 0.29) is 18.3 Å². The second-order valence-corrected chi connectivity index (χ2v) is 4.50. The highest BCUT2D eigenvalue weighted by atomic mass is 16.5. The Hall–Kier alpha value is -2.04. The molecule has 0 heterocycles. The van der Waals surface area contributed by atoms with E-state index >= 15 is 0 Å². The van der Waals surface area contributed by atoms with Gasteiger partial charge in [0.15, 0.2) is 0 Å². The first-order valence-electron chi connectivity index (χ1n) is 6.05. The third-order valence-electron chi connectivity index (χ3n) is 2.84. The Morgan fingerprint density at radius 2 is 1.89 bits per heavy atom. The van der Waals surface area contributed by atoms with Crippen molar-refractivity contribution in [2.75, 3.05) is 39.7 Å². The SMILES string of the molecule is COC(=O)CCN(C)C(=O)c1cccc(N(C)C)c1. The predicted octanol–water partition coefficient (Wildman–Crippen LogP) is 1.39. The normalized spacial score (nSPS) is 9.89. The highest BCUT2D eigenvalue weighted by Crippen LogP contribution is 2.14. The summed E-state index contributed by atoms with van der Waals surface area (Å²) >= 11 is 0. The molecule has 0 bridgehead atoms. The largest absolute Gasteiger partial charge is 0.469 e. The minimum atomic E-state index is -0.318. The maximum atomic E-state index is 12.2. The van der Waals surface area contributed by atoms with Crippen LogP contribution in [0.2, 0.25) is 0 Å². The van der Waals surface area contributed by atoms with Crippen molar-refractivity contribution in [3.8, 4) is 0 Å². The van der Waals surface area contributed by atoms with Gasteiger partial charge in [-0.3, -0.25) is 9.59 Å². The molecule has 0 unspecified atom stereocenters. The lowest BCUT2D eigenvalue weighted by Crippen LogP contribution is -2.29. The Labute approximate surface area is 113 Å². The molecule has 104 valence electrons. The number of ether oxygens (including phenoxy) is 1. The molecule has 0 saturated heterocycles. The lowest BCUT2D eigenvalue weighted by atomic mass is 10.1. The van der Waals surface area contributed by atoms with E-state index in [4.69, 9.17) is 0 Å². The average molecular weight is 264 g/mol. The number of carbonyl (C=O) groups excluding carboxylic acids is 2. The van der Waals surface area contributed by atoms with Crippen LogP contribution in [0.5, 0.6) is 0 Å². The highest BCUT2D eigenvalue weighted by Gasteiger charge is 2.13. The zero-order valence-corrected chi connectivity index (χ0v) is 11.8. The van der Waals surface area contributed by atoms with Gasteiger partial charge >= 0.3 is 5.97 Å². The van der Waals surface area contributed by atoms with Gasteiger partial charge in [0.2, 0.25) is 0 Å². The van der Waals surface area contributed by atoms with Gasteiger partial charge in [0.05, 0.1) is 13.5 Å². The summed E-state index contributed by atoms with van der Waals surface area (Å²) in [7, 11) is 6.85. The quantitative estimate of drug-likeness (QED) is 0.754. The van der Waals surface area contributed by atoms with Crippen molar-refractivity contribution in [1.82, 2.24) is 4.90 Å². The Kier molecular flexibility index (Phi) is 5.36. The molecular formula is C14H20N2O3. The summed E-state index contributed by atoms with van der Waals surface area (Å²) in [5, 5.41) is 0. The molecular weight excluding hydrogens is 244 g/mol. The predicted molar refractivity (Wildman–Crippen MR) is 74.4 cm³/mol. The Morgan fingerprint density at radius 1 is 1.21 bits per heavy atom. The van der Waals surface area contributed by atoms with Crippen molar-refractivity contribution in [1.29, 1.82) is 0 Å². The minimum Gasteiger partial charge on any atom is -0.469 e. The number of rotatable bonds is 5. The van der Waals surface area contributed by atoms with Crippen LogP contribution < -0.4 is 4.90 Å². The second-order valence-electron chi connectivity index (χ2n) is 4.50. The fourth-order valence-corrected chi connectivity index (χ4v) is 1.60. The molecule has 19 heavy (non-hydrogen) atoms. The molecule has 1 amide bonds. The highest BCUT2D eigenvalue weighted by molar-refractivity contribution is 5.95. The second kappa shape index (κ2) is 6.78. The summed E-state index contributed by atoms with van der Waals surface area (Å²) in [5.41, 5.74) is 1.57. The van der Waals surface area contributed by atoms with E-state index in [1.165, 1.54) is 12.0 Å². The number of carbonyl (C=O) groups is 2. The fourth-order valence-electron chi connectivity index (χ4n) is 1.60. The first kappa shape index (κ1) is 15.0. The minimum absolute atomic E-state index is 0.104. The number of amides is 1. The number of nitrogens with zero attached hydrogens (tertiary/aromatic N) is 2. The van der Waals surface area contributed by atoms with Gasteiger partial charge in [-0.1, -0.05) is 6.07 Å². The van der Waals surface area contributed by atoms with Crippen molar-refractivity contribution in [3.05, 3.63) is 29.8 Å². The van der Waals surface area contributed by atoms with Gasteiger partial charge in [-0.05, 0) is 18.2 Å². The summed E-state index contributed by atoms with van der Waals surface area (Å²) < 4.78 is 4.55. The molecule has 0 N–H and O–H groups in total. The summed E-state index contributed by atoms with van der Waals surface area (Å²) in [6.45, 7) is 0.345. The lowest BCUT2D eigenvalue weighted by molar-refractivity contribution is -0.140. The van der Waals surface area contributed by atoms with E-state index in [9.17, 15) is 9.59 Å². The molecule has 0 aromatic heterocycles. The smallest absolute Gasteiger partial charge is 0.307 e. The topological polar surface area (TPSA) is 49.9 Å². The molecule has 0 aliphatic carbocycles. The maximum Gasteiger partial charge on any atom is 0.307 e. The number of benzene rings is 1. The summed E-state index contributed by atoms with van der Waals surface area (Å²) in [4.78, 5) is 26.7. The molecule has 0 radical (unpaired) electrons. The number of esters is 1. The number of methoxy groups -OCH3 is 1. The maximum absolute atomic E-state index is 12.2. The lowest BCUT2D eigenvalue weighted by Gasteiger charge is -2.18. The standard InChI is InChI=1S/C14H20N2O3/c1-15(2)12-7-5-6-11(10-12)14(18)16(3)9-8-13(17)19-4/h5-7,10H,8-9H2,1-4H3. The number of anilines is 1. The number of hydrogen-bond donors (Lipinski definition) is 0. The summed E-state index contributed by atoms with van der Waals surface area (Å²) in [5.74, 6) is -0.422. The van der Waals surface area contributed by atoms with Crippen LogP contribution in [0, 0.1) is 0 Å². The van der Waals surface area contributed by atoms with Crippen LogP contribution in [-0.2, 0) is 9.53 Å². The average Bonchev–Trinajstić information content (AvgIpc) is 2.43. The molecule has 0 spiro atoms. The van der Waals surface area contributed by atoms with E-state index in [2.05, 4.69) is 4.74 Å². The molecule has 1 aromatic rings. The summed E-state index contributed by atoms with van der Waals surface area (Å²) in [6, 6.07) is 7.38. The third kappa shape index (κ3) is 4.28. The van der Waals surface area contributed by atoms with Crippen LogP contribution >= 0.6 is 0 Å². The van der Waals surface area contributed by atoms with Gasteiger partial charge in [-0.15, -0.1) is 0 Å². The Bertz CT molecular complexity index is 458. The molecule has 0 atom stereocenters. The van der Waals surface area contributed by atoms with Crippen molar-refractivity contribution < 1.29 is 14.3 Å². The Balaban J connectivity index is 2.71. The van der Waals surface area contributed by atoms with E-state index in [0.29, 0.717) is 12.1 Å². The van der Waals surface area contributed by atoms with Crippen LogP contribution in [0.1, 0.15) is 16.8 Å². The van der Waals surface area contributed by atoms with Crippen molar-refractivity contribution >= 4 is 17.6 Å². The van der Waals surface area contributed by atoms with Crippen molar-refractivity contribution in [2.24, 2.45) is 0 Å². The molecule has 0 fully saturated rings. The van der Waals surface area contributed by atoms with E-state index in [1.54, 1.807) is 13.1 Å². The van der Waals surface area contributed by atoms with Crippen LogP contribution in [0.3, 0.4) is 0 Å². The molecule has 0 aliphatic rings. The van der Waals surface area contributed by atoms with E-state index in [0.717, 1.165) is 5.69 Å². The number of hydrogen-bond acceptors (Lipinski definition) is 4. The van der Waals surface area contributed by atoms with Gasteiger partial charge in [0.1, 0.15) is 0 Å². The monoisotopic (exact) mass is 264 g/mol. The van der Waals surface area contributed by atoms with Crippen LogP contribution in [0.4, 0.5) is 5.69 Å². The van der Waals surface area contributed by atoms with Crippen LogP contribution in [0.25, 0.3) is 0 Å². The third-order valence-corrected chi connectivity index (χ3v) is 2.84. The summed E-state index contributed by atoms with van der Waals surface area (Å²) in [6.07, 6.45) is 0.201. The molecule has 1 aromatic carbocycles. The van der Waals surface area contributed by atoms with E-state index < -0.39 is 0 Å². The van der Waals surface area contributed by atoms with Gasteiger partial charge in [-0.25, -0.2) is 0 Å². The van der Waals surface area contributed by atoms with Gasteiger partial charge in [-0.2, -0.15) is 0 Å². The van der Waals surface area contributed by atoms with Crippen LogP contribution in [0.15, 0.2) is 24.3 Å². The fraction of sp³-hybridized carbons (Fsp3) is 0.429.